The number of carbonyl (C=O) groups is 2. The number of Topliss-reactive ketones (excluding diaryl/α,β-unsaturated/α-hetero) is 1. The van der Waals surface area contributed by atoms with Crippen molar-refractivity contribution in [1.29, 1.82) is 0 Å². The molecule has 0 spiro atoms. The SMILES string of the molecule is CCC(=O)c1sccc1C(=O)O. The van der Waals surface area contributed by atoms with Crippen LogP contribution >= 0.6 is 11.3 Å². The molecule has 12 heavy (non-hydrogen) atoms. The summed E-state index contributed by atoms with van der Waals surface area (Å²) in [7, 11) is 0. The molecule has 0 fully saturated rings. The molecule has 4 heteroatoms. The van der Waals surface area contributed by atoms with Crippen molar-refractivity contribution in [3.05, 3.63) is 21.9 Å². The van der Waals surface area contributed by atoms with Gasteiger partial charge in [0.15, 0.2) is 5.78 Å². The Morgan fingerprint density at radius 1 is 1.58 bits per heavy atom. The van der Waals surface area contributed by atoms with E-state index in [1.54, 1.807) is 12.3 Å². The van der Waals surface area contributed by atoms with Crippen molar-refractivity contribution in [2.45, 2.75) is 13.3 Å². The Hall–Kier alpha value is -1.16. The highest BCUT2D eigenvalue weighted by molar-refractivity contribution is 7.12. The molecular weight excluding hydrogens is 176 g/mol. The van der Waals surface area contributed by atoms with E-state index in [0.29, 0.717) is 11.3 Å². The topological polar surface area (TPSA) is 54.4 Å². The largest absolute Gasteiger partial charge is 0.478 e. The third kappa shape index (κ3) is 1.53. The first-order chi connectivity index (χ1) is 5.66. The van der Waals surface area contributed by atoms with Crippen LogP contribution in [0.5, 0.6) is 0 Å². The van der Waals surface area contributed by atoms with Gasteiger partial charge in [0.1, 0.15) is 0 Å². The first kappa shape index (κ1) is 8.93. The number of hydrogen-bond acceptors (Lipinski definition) is 3. The van der Waals surface area contributed by atoms with Gasteiger partial charge in [-0.3, -0.25) is 4.79 Å². The van der Waals surface area contributed by atoms with Crippen molar-refractivity contribution in [1.82, 2.24) is 0 Å². The van der Waals surface area contributed by atoms with Gasteiger partial charge in [0.2, 0.25) is 0 Å². The Kier molecular flexibility index (Phi) is 2.60. The molecular formula is C8H8O3S. The Bertz CT molecular complexity index is 314. The number of carboxylic acid groups (broad SMARTS) is 1. The van der Waals surface area contributed by atoms with Crippen LogP contribution in [0.1, 0.15) is 33.4 Å². The van der Waals surface area contributed by atoms with E-state index in [2.05, 4.69) is 0 Å². The number of carboxylic acids is 1. The van der Waals surface area contributed by atoms with Crippen LogP contribution in [0.3, 0.4) is 0 Å². The molecule has 3 nitrogen and oxygen atoms in total. The second kappa shape index (κ2) is 3.49. The minimum Gasteiger partial charge on any atom is -0.478 e. The first-order valence-corrected chi connectivity index (χ1v) is 4.38. The monoisotopic (exact) mass is 184 g/mol. The first-order valence-electron chi connectivity index (χ1n) is 3.50. The van der Waals surface area contributed by atoms with Gasteiger partial charge < -0.3 is 5.11 Å². The Balaban J connectivity index is 3.07. The van der Waals surface area contributed by atoms with E-state index in [0.717, 1.165) is 0 Å². The van der Waals surface area contributed by atoms with Crippen molar-refractivity contribution in [2.24, 2.45) is 0 Å². The van der Waals surface area contributed by atoms with Crippen LogP contribution in [0.25, 0.3) is 0 Å². The molecule has 1 rings (SSSR count). The van der Waals surface area contributed by atoms with Gasteiger partial charge in [0.25, 0.3) is 0 Å². The molecule has 0 saturated heterocycles. The van der Waals surface area contributed by atoms with Crippen LogP contribution in [-0.2, 0) is 0 Å². The summed E-state index contributed by atoms with van der Waals surface area (Å²) in [5, 5.41) is 10.3. The van der Waals surface area contributed by atoms with Crippen molar-refractivity contribution >= 4 is 23.1 Å². The fourth-order valence-corrected chi connectivity index (χ4v) is 1.75. The molecule has 1 aromatic heterocycles. The van der Waals surface area contributed by atoms with Gasteiger partial charge in [0.05, 0.1) is 10.4 Å². The molecule has 0 radical (unpaired) electrons. The zero-order valence-electron chi connectivity index (χ0n) is 6.53. The average Bonchev–Trinajstić information content (AvgIpc) is 2.50. The lowest BCUT2D eigenvalue weighted by Gasteiger charge is -1.94. The summed E-state index contributed by atoms with van der Waals surface area (Å²) in [6.45, 7) is 1.72. The van der Waals surface area contributed by atoms with E-state index < -0.39 is 5.97 Å². The molecule has 0 atom stereocenters. The van der Waals surface area contributed by atoms with Crippen molar-refractivity contribution in [3.8, 4) is 0 Å². The molecule has 0 aliphatic heterocycles. The van der Waals surface area contributed by atoms with Crippen molar-refractivity contribution in [3.63, 3.8) is 0 Å². The minimum atomic E-state index is -1.03. The summed E-state index contributed by atoms with van der Waals surface area (Å²) in [5.74, 6) is -1.14. The fraction of sp³-hybridized carbons (Fsp3) is 0.250. The maximum atomic E-state index is 11.1. The number of ketones is 1. The normalized spacial score (nSPS) is 9.75. The second-order valence-electron chi connectivity index (χ2n) is 2.25. The van der Waals surface area contributed by atoms with Gasteiger partial charge in [-0.2, -0.15) is 0 Å². The van der Waals surface area contributed by atoms with Crippen LogP contribution in [0.2, 0.25) is 0 Å². The maximum Gasteiger partial charge on any atom is 0.337 e. The van der Waals surface area contributed by atoms with Gasteiger partial charge >= 0.3 is 5.97 Å². The van der Waals surface area contributed by atoms with E-state index in [4.69, 9.17) is 5.11 Å². The quantitative estimate of drug-likeness (QED) is 0.731. The van der Waals surface area contributed by atoms with Crippen LogP contribution in [-0.4, -0.2) is 16.9 Å². The lowest BCUT2D eigenvalue weighted by molar-refractivity contribution is 0.0693. The summed E-state index contributed by atoms with van der Waals surface area (Å²) < 4.78 is 0. The summed E-state index contributed by atoms with van der Waals surface area (Å²) >= 11 is 1.18. The van der Waals surface area contributed by atoms with Crippen LogP contribution in [0.4, 0.5) is 0 Å². The molecule has 0 aromatic carbocycles. The molecule has 0 aliphatic carbocycles. The van der Waals surface area contributed by atoms with Gasteiger partial charge in [0, 0.05) is 6.42 Å². The summed E-state index contributed by atoms with van der Waals surface area (Å²) in [4.78, 5) is 22.1. The summed E-state index contributed by atoms with van der Waals surface area (Å²) in [5.41, 5.74) is 0.117. The predicted octanol–water partition coefficient (Wildman–Crippen LogP) is 2.04. The standard InChI is InChI=1S/C8H8O3S/c1-2-6(9)7-5(8(10)11)3-4-12-7/h3-4H,2H2,1H3,(H,10,11). The molecule has 0 amide bonds. The maximum absolute atomic E-state index is 11.1. The average molecular weight is 184 g/mol. The van der Waals surface area contributed by atoms with E-state index >= 15 is 0 Å². The van der Waals surface area contributed by atoms with E-state index in [1.165, 1.54) is 17.4 Å². The molecule has 64 valence electrons. The zero-order valence-corrected chi connectivity index (χ0v) is 7.35. The fourth-order valence-electron chi connectivity index (χ4n) is 0.854. The zero-order chi connectivity index (χ0) is 9.14. The number of rotatable bonds is 3. The summed E-state index contributed by atoms with van der Waals surface area (Å²) in [6.07, 6.45) is 0.348. The van der Waals surface area contributed by atoms with E-state index in [9.17, 15) is 9.59 Å². The van der Waals surface area contributed by atoms with Gasteiger partial charge in [-0.05, 0) is 11.4 Å². The van der Waals surface area contributed by atoms with Gasteiger partial charge in [-0.15, -0.1) is 11.3 Å². The molecule has 1 aromatic rings. The van der Waals surface area contributed by atoms with E-state index in [-0.39, 0.29) is 11.3 Å². The molecule has 1 heterocycles. The number of thiophene rings is 1. The molecule has 0 saturated carbocycles. The highest BCUT2D eigenvalue weighted by Gasteiger charge is 2.15. The lowest BCUT2D eigenvalue weighted by atomic mass is 10.2. The van der Waals surface area contributed by atoms with Gasteiger partial charge in [-0.25, -0.2) is 4.79 Å². The predicted molar refractivity (Wildman–Crippen MR) is 45.9 cm³/mol. The molecule has 1 N–H and O–H groups in total. The Labute approximate surface area is 73.6 Å². The molecule has 0 aliphatic rings. The Morgan fingerprint density at radius 2 is 2.25 bits per heavy atom. The van der Waals surface area contributed by atoms with Gasteiger partial charge in [-0.1, -0.05) is 6.92 Å². The highest BCUT2D eigenvalue weighted by atomic mass is 32.1. The summed E-state index contributed by atoms with van der Waals surface area (Å²) in [6, 6.07) is 1.45. The second-order valence-corrected chi connectivity index (χ2v) is 3.16. The number of carbonyl (C=O) groups excluding carboxylic acids is 1. The van der Waals surface area contributed by atoms with Crippen LogP contribution in [0, 0.1) is 0 Å². The number of hydrogen-bond donors (Lipinski definition) is 1. The van der Waals surface area contributed by atoms with Crippen LogP contribution < -0.4 is 0 Å². The van der Waals surface area contributed by atoms with Crippen LogP contribution in [0.15, 0.2) is 11.4 Å². The Morgan fingerprint density at radius 3 is 2.75 bits per heavy atom. The smallest absolute Gasteiger partial charge is 0.337 e. The minimum absolute atomic E-state index is 0.109. The molecule has 0 bridgehead atoms. The lowest BCUT2D eigenvalue weighted by Crippen LogP contribution is -2.03. The highest BCUT2D eigenvalue weighted by Crippen LogP contribution is 2.18. The third-order valence-electron chi connectivity index (χ3n) is 1.47. The number of aromatic carboxylic acids is 1. The van der Waals surface area contributed by atoms with Crippen molar-refractivity contribution in [2.75, 3.05) is 0 Å². The van der Waals surface area contributed by atoms with Crippen molar-refractivity contribution < 1.29 is 14.7 Å². The van der Waals surface area contributed by atoms with E-state index in [1.807, 2.05) is 0 Å². The molecule has 0 unspecified atom stereocenters. The third-order valence-corrected chi connectivity index (χ3v) is 2.43.